The first-order valence-electron chi connectivity index (χ1n) is 11.9. The molecule has 2 aliphatic heterocycles. The summed E-state index contributed by atoms with van der Waals surface area (Å²) in [5, 5.41) is 3.55. The molecule has 3 fully saturated rings. The number of hydrogen-bond donors (Lipinski definition) is 1. The van der Waals surface area contributed by atoms with Gasteiger partial charge in [0, 0.05) is 12.5 Å². The fourth-order valence-electron chi connectivity index (χ4n) is 4.55. The molecular formula is C25H33N3O4. The number of rotatable bonds is 7. The molecule has 0 unspecified atom stereocenters. The maximum atomic E-state index is 6.24. The zero-order chi connectivity index (χ0) is 21.9. The molecule has 0 radical (unpaired) electrons. The van der Waals surface area contributed by atoms with Gasteiger partial charge in [-0.15, -0.1) is 0 Å². The van der Waals surface area contributed by atoms with Crippen LogP contribution in [-0.4, -0.2) is 54.6 Å². The highest BCUT2D eigenvalue weighted by Crippen LogP contribution is 2.35. The van der Waals surface area contributed by atoms with Gasteiger partial charge in [0.1, 0.15) is 18.0 Å². The molecule has 172 valence electrons. The number of nitrogens with zero attached hydrogens (tertiary/aromatic N) is 2. The van der Waals surface area contributed by atoms with E-state index in [-0.39, 0.29) is 12.2 Å². The van der Waals surface area contributed by atoms with Crippen LogP contribution in [0, 0.1) is 12.8 Å². The first-order chi connectivity index (χ1) is 15.6. The molecule has 3 aliphatic rings. The van der Waals surface area contributed by atoms with E-state index < -0.39 is 0 Å². The Morgan fingerprint density at radius 1 is 0.875 bits per heavy atom. The van der Waals surface area contributed by atoms with Gasteiger partial charge in [0.25, 0.3) is 0 Å². The summed E-state index contributed by atoms with van der Waals surface area (Å²) in [6.45, 7) is 6.98. The van der Waals surface area contributed by atoms with Crippen molar-refractivity contribution in [1.29, 1.82) is 0 Å². The van der Waals surface area contributed by atoms with Crippen LogP contribution in [-0.2, 0) is 9.47 Å². The fraction of sp³-hybridized carbons (Fsp3) is 0.600. The van der Waals surface area contributed by atoms with Crippen LogP contribution in [0.5, 0.6) is 11.6 Å². The van der Waals surface area contributed by atoms with E-state index in [2.05, 4.69) is 24.4 Å². The fourth-order valence-corrected chi connectivity index (χ4v) is 4.55. The van der Waals surface area contributed by atoms with Gasteiger partial charge in [0.15, 0.2) is 0 Å². The molecule has 32 heavy (non-hydrogen) atoms. The largest absolute Gasteiger partial charge is 0.488 e. The van der Waals surface area contributed by atoms with Gasteiger partial charge in [-0.2, -0.15) is 4.98 Å². The number of aryl methyl sites for hydroxylation is 1. The lowest BCUT2D eigenvalue weighted by atomic mass is 9.87. The van der Waals surface area contributed by atoms with E-state index in [0.717, 1.165) is 54.4 Å². The van der Waals surface area contributed by atoms with Crippen molar-refractivity contribution in [2.24, 2.45) is 5.92 Å². The summed E-state index contributed by atoms with van der Waals surface area (Å²) in [7, 11) is 0. The third-order valence-electron chi connectivity index (χ3n) is 6.63. The Morgan fingerprint density at radius 3 is 2.28 bits per heavy atom. The Hall–Kier alpha value is -2.38. The quantitative estimate of drug-likeness (QED) is 0.686. The van der Waals surface area contributed by atoms with Crippen molar-refractivity contribution in [3.63, 3.8) is 0 Å². The highest BCUT2D eigenvalue weighted by Gasteiger charge is 2.26. The first kappa shape index (κ1) is 21.5. The zero-order valence-electron chi connectivity index (χ0n) is 19.0. The lowest BCUT2D eigenvalue weighted by molar-refractivity contribution is -0.0811. The Morgan fingerprint density at radius 2 is 1.62 bits per heavy atom. The number of anilines is 1. The molecule has 1 aliphatic carbocycles. The van der Waals surface area contributed by atoms with Crippen molar-refractivity contribution >= 4 is 5.95 Å². The summed E-state index contributed by atoms with van der Waals surface area (Å²) < 4.78 is 23.0. The number of ether oxygens (including phenoxy) is 4. The first-order valence-corrected chi connectivity index (χ1v) is 11.9. The average molecular weight is 440 g/mol. The molecule has 0 bridgehead atoms. The molecule has 7 heteroatoms. The molecule has 7 nitrogen and oxygen atoms in total. The topological polar surface area (TPSA) is 74.7 Å². The predicted molar refractivity (Wildman–Crippen MR) is 122 cm³/mol. The Bertz CT molecular complexity index is 902. The lowest BCUT2D eigenvalue weighted by Gasteiger charge is -2.29. The van der Waals surface area contributed by atoms with Gasteiger partial charge >= 0.3 is 0 Å². The second kappa shape index (κ2) is 9.63. The molecule has 0 amide bonds. The van der Waals surface area contributed by atoms with E-state index >= 15 is 0 Å². The van der Waals surface area contributed by atoms with Gasteiger partial charge in [0.05, 0.1) is 37.7 Å². The van der Waals surface area contributed by atoms with Crippen molar-refractivity contribution in [1.82, 2.24) is 9.97 Å². The average Bonchev–Trinajstić information content (AvgIpc) is 3.26. The van der Waals surface area contributed by atoms with Gasteiger partial charge in [-0.05, 0) is 56.2 Å². The molecule has 1 N–H and O–H groups in total. The predicted octanol–water partition coefficient (Wildman–Crippen LogP) is 4.39. The van der Waals surface area contributed by atoms with Gasteiger partial charge in [0.2, 0.25) is 11.8 Å². The Kier molecular flexibility index (Phi) is 6.46. The molecule has 2 aromatic rings. The zero-order valence-corrected chi connectivity index (χ0v) is 19.0. The van der Waals surface area contributed by atoms with E-state index in [1.165, 1.54) is 12.8 Å². The molecule has 1 saturated carbocycles. The highest BCUT2D eigenvalue weighted by atomic mass is 16.6. The smallest absolute Gasteiger partial charge is 0.226 e. The van der Waals surface area contributed by atoms with Crippen LogP contribution in [0.25, 0.3) is 11.1 Å². The Balaban J connectivity index is 1.37. The highest BCUT2D eigenvalue weighted by molar-refractivity contribution is 5.72. The third-order valence-corrected chi connectivity index (χ3v) is 6.63. The third kappa shape index (κ3) is 4.99. The molecule has 3 heterocycles. The van der Waals surface area contributed by atoms with Crippen LogP contribution in [0.1, 0.15) is 44.7 Å². The maximum absolute atomic E-state index is 6.24. The number of hydrogen-bond acceptors (Lipinski definition) is 7. The van der Waals surface area contributed by atoms with Crippen LogP contribution in [0.15, 0.2) is 24.3 Å². The molecule has 5 rings (SSSR count). The minimum atomic E-state index is 0.0383. The van der Waals surface area contributed by atoms with Crippen LogP contribution < -0.4 is 14.8 Å². The van der Waals surface area contributed by atoms with Gasteiger partial charge in [-0.3, -0.25) is 0 Å². The summed E-state index contributed by atoms with van der Waals surface area (Å²) in [5.74, 6) is 2.93. The standard InChI is InChI=1S/C25H33N3O4/c1-16-3-7-19(8-4-16)27-25-26-17(2)23(24(28-25)32-22-14-30-15-22)18-5-9-20(10-6-18)31-21-11-12-29-13-21/h5-6,9-10,16,19,21-22H,3-4,7-8,11-15H2,1-2H3,(H,26,27,28)/t16?,19?,21-/m1/s1. The van der Waals surface area contributed by atoms with Gasteiger partial charge in [-0.1, -0.05) is 19.1 Å². The molecule has 1 atom stereocenters. The summed E-state index contributed by atoms with van der Waals surface area (Å²) in [5.41, 5.74) is 2.85. The second-order valence-electron chi connectivity index (χ2n) is 9.32. The van der Waals surface area contributed by atoms with Crippen molar-refractivity contribution in [3.05, 3.63) is 30.0 Å². The van der Waals surface area contributed by atoms with Crippen molar-refractivity contribution in [2.75, 3.05) is 31.7 Å². The second-order valence-corrected chi connectivity index (χ2v) is 9.32. The van der Waals surface area contributed by atoms with Crippen LogP contribution >= 0.6 is 0 Å². The van der Waals surface area contributed by atoms with Gasteiger partial charge < -0.3 is 24.3 Å². The minimum Gasteiger partial charge on any atom is -0.488 e. The van der Waals surface area contributed by atoms with Crippen LogP contribution in [0.3, 0.4) is 0 Å². The van der Waals surface area contributed by atoms with Crippen LogP contribution in [0.4, 0.5) is 5.95 Å². The number of benzene rings is 1. The van der Waals surface area contributed by atoms with Crippen molar-refractivity contribution < 1.29 is 18.9 Å². The molecular weight excluding hydrogens is 406 g/mol. The SMILES string of the molecule is Cc1nc(NC2CCC(C)CC2)nc(OC2COC2)c1-c1ccc(O[C@@H]2CCOC2)cc1. The van der Waals surface area contributed by atoms with E-state index in [9.17, 15) is 0 Å². The maximum Gasteiger partial charge on any atom is 0.226 e. The van der Waals surface area contributed by atoms with E-state index in [0.29, 0.717) is 37.7 Å². The summed E-state index contributed by atoms with van der Waals surface area (Å²) in [4.78, 5) is 9.60. The van der Waals surface area contributed by atoms with Crippen LogP contribution in [0.2, 0.25) is 0 Å². The lowest BCUT2D eigenvalue weighted by Crippen LogP contribution is -2.39. The molecule has 2 saturated heterocycles. The van der Waals surface area contributed by atoms with Gasteiger partial charge in [-0.25, -0.2) is 4.98 Å². The molecule has 0 spiro atoms. The minimum absolute atomic E-state index is 0.0383. The van der Waals surface area contributed by atoms with E-state index in [4.69, 9.17) is 28.9 Å². The monoisotopic (exact) mass is 439 g/mol. The Labute approximate surface area is 189 Å². The number of aromatic nitrogens is 2. The van der Waals surface area contributed by atoms with E-state index in [1.54, 1.807) is 0 Å². The number of nitrogens with one attached hydrogen (secondary N) is 1. The summed E-state index contributed by atoms with van der Waals surface area (Å²) >= 11 is 0. The molecule has 1 aromatic heterocycles. The van der Waals surface area contributed by atoms with E-state index in [1.807, 2.05) is 19.1 Å². The summed E-state index contributed by atoms with van der Waals surface area (Å²) in [6.07, 6.45) is 5.92. The normalized spacial score (nSPS) is 25.9. The van der Waals surface area contributed by atoms with Crippen molar-refractivity contribution in [3.8, 4) is 22.8 Å². The van der Waals surface area contributed by atoms with Crippen molar-refractivity contribution in [2.45, 2.75) is 64.2 Å². The molecule has 1 aromatic carbocycles. The summed E-state index contributed by atoms with van der Waals surface area (Å²) in [6, 6.07) is 8.53.